The zero-order valence-electron chi connectivity index (χ0n) is 9.77. The molecule has 0 saturated heterocycles. The van der Waals surface area contributed by atoms with Crippen molar-refractivity contribution in [1.29, 1.82) is 0 Å². The van der Waals surface area contributed by atoms with E-state index in [2.05, 4.69) is 49.4 Å². The van der Waals surface area contributed by atoms with Gasteiger partial charge in [-0.15, -0.1) is 0 Å². The maximum absolute atomic E-state index is 9.22. The van der Waals surface area contributed by atoms with E-state index in [1.165, 1.54) is 27.1 Å². The van der Waals surface area contributed by atoms with Crippen LogP contribution in [0, 0.1) is 6.92 Å². The molecule has 17 heavy (non-hydrogen) atoms. The highest BCUT2D eigenvalue weighted by Gasteiger charge is 2.03. The number of hydrogen-bond donors (Lipinski definition) is 1. The Kier molecular flexibility index (Phi) is 2.34. The summed E-state index contributed by atoms with van der Waals surface area (Å²) in [6.45, 7) is 2.24. The van der Waals surface area contributed by atoms with Crippen molar-refractivity contribution >= 4 is 21.5 Å². The van der Waals surface area contributed by atoms with E-state index in [1.807, 2.05) is 6.07 Å². The van der Waals surface area contributed by atoms with E-state index >= 15 is 0 Å². The van der Waals surface area contributed by atoms with E-state index in [9.17, 15) is 5.11 Å². The predicted molar refractivity (Wildman–Crippen MR) is 72.1 cm³/mol. The normalized spacial score (nSPS) is 11.2. The lowest BCUT2D eigenvalue weighted by molar-refractivity contribution is 0.282. The second-order valence-electron chi connectivity index (χ2n) is 4.45. The Hall–Kier alpha value is -1.86. The van der Waals surface area contributed by atoms with Crippen molar-refractivity contribution in [3.63, 3.8) is 0 Å². The van der Waals surface area contributed by atoms with Crippen LogP contribution in [0.5, 0.6) is 0 Å². The quantitative estimate of drug-likeness (QED) is 0.621. The second kappa shape index (κ2) is 3.86. The Bertz CT molecular complexity index is 698. The van der Waals surface area contributed by atoms with Crippen molar-refractivity contribution in [1.82, 2.24) is 0 Å². The van der Waals surface area contributed by atoms with Crippen molar-refractivity contribution in [3.05, 3.63) is 59.7 Å². The van der Waals surface area contributed by atoms with Gasteiger partial charge in [0.05, 0.1) is 6.61 Å². The summed E-state index contributed by atoms with van der Waals surface area (Å²) in [5, 5.41) is 14.2. The Labute approximate surface area is 100 Å². The monoisotopic (exact) mass is 222 g/mol. The molecule has 0 bridgehead atoms. The van der Waals surface area contributed by atoms with Crippen molar-refractivity contribution < 1.29 is 5.11 Å². The summed E-state index contributed by atoms with van der Waals surface area (Å²) in [6.07, 6.45) is 0. The summed E-state index contributed by atoms with van der Waals surface area (Å²) in [4.78, 5) is 0. The van der Waals surface area contributed by atoms with E-state index in [0.29, 0.717) is 0 Å². The average Bonchev–Trinajstić information content (AvgIpc) is 2.39. The zero-order valence-corrected chi connectivity index (χ0v) is 9.77. The molecule has 3 aromatic rings. The van der Waals surface area contributed by atoms with Gasteiger partial charge in [0, 0.05) is 0 Å². The molecular formula is C16H14O. The molecule has 1 nitrogen and oxygen atoms in total. The number of aryl methyl sites for hydroxylation is 1. The van der Waals surface area contributed by atoms with Gasteiger partial charge in [-0.25, -0.2) is 0 Å². The molecule has 0 amide bonds. The number of rotatable bonds is 1. The highest BCUT2D eigenvalue weighted by atomic mass is 16.3. The van der Waals surface area contributed by atoms with Crippen LogP contribution < -0.4 is 0 Å². The minimum Gasteiger partial charge on any atom is -0.392 e. The van der Waals surface area contributed by atoms with E-state index < -0.39 is 0 Å². The Morgan fingerprint density at radius 2 is 1.65 bits per heavy atom. The zero-order chi connectivity index (χ0) is 11.8. The van der Waals surface area contributed by atoms with Gasteiger partial charge in [0.2, 0.25) is 0 Å². The molecular weight excluding hydrogens is 208 g/mol. The van der Waals surface area contributed by atoms with Crippen LogP contribution in [0.3, 0.4) is 0 Å². The van der Waals surface area contributed by atoms with E-state index in [0.717, 1.165) is 5.56 Å². The fourth-order valence-corrected chi connectivity index (χ4v) is 2.43. The maximum atomic E-state index is 9.22. The van der Waals surface area contributed by atoms with Gasteiger partial charge in [-0.3, -0.25) is 0 Å². The van der Waals surface area contributed by atoms with Crippen molar-refractivity contribution in [2.75, 3.05) is 0 Å². The smallest absolute Gasteiger partial charge is 0.0682 e. The van der Waals surface area contributed by atoms with Crippen LogP contribution >= 0.6 is 0 Å². The number of aliphatic hydroxyl groups is 1. The fourth-order valence-electron chi connectivity index (χ4n) is 2.43. The van der Waals surface area contributed by atoms with Crippen LogP contribution in [-0.2, 0) is 6.61 Å². The first kappa shape index (κ1) is 10.3. The predicted octanol–water partition coefficient (Wildman–Crippen LogP) is 3.79. The summed E-state index contributed by atoms with van der Waals surface area (Å²) < 4.78 is 0. The third-order valence-corrected chi connectivity index (χ3v) is 3.31. The van der Waals surface area contributed by atoms with Crippen LogP contribution in [0.25, 0.3) is 21.5 Å². The van der Waals surface area contributed by atoms with Crippen LogP contribution in [-0.4, -0.2) is 5.11 Å². The summed E-state index contributed by atoms with van der Waals surface area (Å²) >= 11 is 0. The number of aliphatic hydroxyl groups excluding tert-OH is 1. The maximum Gasteiger partial charge on any atom is 0.0682 e. The van der Waals surface area contributed by atoms with Gasteiger partial charge in [0.15, 0.2) is 0 Å². The SMILES string of the molecule is Cc1cc2ccc(CO)cc2c2ccccc12. The third kappa shape index (κ3) is 1.60. The minimum atomic E-state index is 0.0954. The van der Waals surface area contributed by atoms with Gasteiger partial charge in [0.1, 0.15) is 0 Å². The number of benzene rings is 3. The van der Waals surface area contributed by atoms with Crippen LogP contribution in [0.1, 0.15) is 11.1 Å². The first-order valence-corrected chi connectivity index (χ1v) is 5.81. The molecule has 0 aromatic heterocycles. The summed E-state index contributed by atoms with van der Waals surface area (Å²) in [7, 11) is 0. The topological polar surface area (TPSA) is 20.2 Å². The van der Waals surface area contributed by atoms with Crippen molar-refractivity contribution in [3.8, 4) is 0 Å². The van der Waals surface area contributed by atoms with Gasteiger partial charge in [-0.05, 0) is 45.7 Å². The van der Waals surface area contributed by atoms with Gasteiger partial charge in [-0.1, -0.05) is 42.5 Å². The lowest BCUT2D eigenvalue weighted by Crippen LogP contribution is -1.86. The average molecular weight is 222 g/mol. The summed E-state index contributed by atoms with van der Waals surface area (Å²) in [5.74, 6) is 0. The highest BCUT2D eigenvalue weighted by molar-refractivity contribution is 6.09. The molecule has 0 heterocycles. The minimum absolute atomic E-state index is 0.0954. The largest absolute Gasteiger partial charge is 0.392 e. The Morgan fingerprint density at radius 1 is 0.882 bits per heavy atom. The highest BCUT2D eigenvalue weighted by Crippen LogP contribution is 2.28. The van der Waals surface area contributed by atoms with Crippen molar-refractivity contribution in [2.45, 2.75) is 13.5 Å². The molecule has 0 aliphatic heterocycles. The molecule has 0 fully saturated rings. The second-order valence-corrected chi connectivity index (χ2v) is 4.45. The summed E-state index contributed by atoms with van der Waals surface area (Å²) in [5.41, 5.74) is 2.26. The molecule has 0 aliphatic rings. The van der Waals surface area contributed by atoms with Crippen LogP contribution in [0.4, 0.5) is 0 Å². The van der Waals surface area contributed by atoms with Crippen molar-refractivity contribution in [2.24, 2.45) is 0 Å². The lowest BCUT2D eigenvalue weighted by Gasteiger charge is -2.08. The molecule has 1 N–H and O–H groups in total. The molecule has 0 radical (unpaired) electrons. The van der Waals surface area contributed by atoms with Gasteiger partial charge in [0.25, 0.3) is 0 Å². The van der Waals surface area contributed by atoms with Gasteiger partial charge >= 0.3 is 0 Å². The molecule has 3 rings (SSSR count). The molecule has 0 aliphatic carbocycles. The van der Waals surface area contributed by atoms with Crippen LogP contribution in [0.2, 0.25) is 0 Å². The van der Waals surface area contributed by atoms with E-state index in [1.54, 1.807) is 0 Å². The van der Waals surface area contributed by atoms with E-state index in [4.69, 9.17) is 0 Å². The molecule has 84 valence electrons. The molecule has 0 unspecified atom stereocenters. The fraction of sp³-hybridized carbons (Fsp3) is 0.125. The van der Waals surface area contributed by atoms with Gasteiger partial charge in [-0.2, -0.15) is 0 Å². The summed E-state index contributed by atoms with van der Waals surface area (Å²) in [6, 6.07) is 16.8. The Balaban J connectivity index is 2.51. The van der Waals surface area contributed by atoms with Gasteiger partial charge < -0.3 is 5.11 Å². The lowest BCUT2D eigenvalue weighted by atomic mass is 9.97. The third-order valence-electron chi connectivity index (χ3n) is 3.31. The molecule has 3 aromatic carbocycles. The number of fused-ring (bicyclic) bond motifs is 3. The standard InChI is InChI=1S/C16H14O/c1-11-8-13-7-6-12(10-17)9-16(13)15-5-3-2-4-14(11)15/h2-9,17H,10H2,1H3. The van der Waals surface area contributed by atoms with Crippen LogP contribution in [0.15, 0.2) is 48.5 Å². The van der Waals surface area contributed by atoms with E-state index in [-0.39, 0.29) is 6.61 Å². The molecule has 0 spiro atoms. The first-order chi connectivity index (χ1) is 8.29. The Morgan fingerprint density at radius 3 is 2.41 bits per heavy atom. The first-order valence-electron chi connectivity index (χ1n) is 5.81. The number of hydrogen-bond acceptors (Lipinski definition) is 1. The molecule has 0 atom stereocenters. The molecule has 1 heteroatoms. The molecule has 0 saturated carbocycles.